The molecule has 0 amide bonds. The first-order valence-corrected chi connectivity index (χ1v) is 8.93. The molecule has 25 heavy (non-hydrogen) atoms. The monoisotopic (exact) mass is 333 g/mol. The Morgan fingerprint density at radius 3 is 2.60 bits per heavy atom. The number of rotatable bonds is 3. The molecule has 4 rings (SSSR count). The van der Waals surface area contributed by atoms with E-state index in [1.54, 1.807) is 7.11 Å². The van der Waals surface area contributed by atoms with Gasteiger partial charge in [0, 0.05) is 35.0 Å². The van der Waals surface area contributed by atoms with Crippen LogP contribution in [0.3, 0.4) is 0 Å². The van der Waals surface area contributed by atoms with Crippen molar-refractivity contribution in [1.82, 2.24) is 4.57 Å². The Bertz CT molecular complexity index is 1040. The Morgan fingerprint density at radius 1 is 1.16 bits per heavy atom. The maximum absolute atomic E-state index is 13.3. The number of methoxy groups -OCH3 is 1. The predicted molar refractivity (Wildman–Crippen MR) is 103 cm³/mol. The summed E-state index contributed by atoms with van der Waals surface area (Å²) in [7, 11) is 1.70. The number of fused-ring (bicyclic) bond motifs is 4. The first-order chi connectivity index (χ1) is 12.1. The van der Waals surface area contributed by atoms with Crippen molar-refractivity contribution in [2.75, 3.05) is 7.11 Å². The Morgan fingerprint density at radius 2 is 1.92 bits per heavy atom. The van der Waals surface area contributed by atoms with Gasteiger partial charge in [0.1, 0.15) is 5.75 Å². The van der Waals surface area contributed by atoms with Gasteiger partial charge in [0.15, 0.2) is 5.43 Å². The van der Waals surface area contributed by atoms with Crippen molar-refractivity contribution in [2.24, 2.45) is 0 Å². The van der Waals surface area contributed by atoms with Gasteiger partial charge in [-0.15, -0.1) is 0 Å². The van der Waals surface area contributed by atoms with Gasteiger partial charge in [0.25, 0.3) is 0 Å². The molecule has 0 bridgehead atoms. The zero-order valence-electron chi connectivity index (χ0n) is 15.2. The molecule has 128 valence electrons. The summed E-state index contributed by atoms with van der Waals surface area (Å²) in [5, 5.41) is 0.804. The van der Waals surface area contributed by atoms with Crippen molar-refractivity contribution in [3.05, 3.63) is 63.3 Å². The second-order valence-electron chi connectivity index (χ2n) is 6.97. The predicted octanol–water partition coefficient (Wildman–Crippen LogP) is 4.72. The quantitative estimate of drug-likeness (QED) is 0.543. The maximum atomic E-state index is 13.3. The molecule has 1 aliphatic rings. The van der Waals surface area contributed by atoms with Crippen molar-refractivity contribution in [3.8, 4) is 17.0 Å². The van der Waals surface area contributed by atoms with E-state index in [9.17, 15) is 4.79 Å². The zero-order valence-corrected chi connectivity index (χ0v) is 15.2. The number of aromatic nitrogens is 1. The summed E-state index contributed by atoms with van der Waals surface area (Å²) in [6.07, 6.45) is 0.726. The second-order valence-corrected chi connectivity index (χ2v) is 6.97. The lowest BCUT2D eigenvalue weighted by molar-refractivity contribution is 0.408. The highest BCUT2D eigenvalue weighted by atomic mass is 16.5. The SMILES string of the molecule is CCn1c2c(c(=O)c3ccc(OC)c(C(C)C)c31)Cc1ccccc1-2. The molecule has 0 fully saturated rings. The van der Waals surface area contributed by atoms with E-state index in [2.05, 4.69) is 43.5 Å². The van der Waals surface area contributed by atoms with Crippen LogP contribution in [0.4, 0.5) is 0 Å². The van der Waals surface area contributed by atoms with E-state index >= 15 is 0 Å². The minimum Gasteiger partial charge on any atom is -0.496 e. The van der Waals surface area contributed by atoms with E-state index in [0.29, 0.717) is 0 Å². The number of ether oxygens (including phenoxy) is 1. The highest BCUT2D eigenvalue weighted by molar-refractivity contribution is 5.91. The molecule has 0 unspecified atom stereocenters. The molecule has 3 aromatic rings. The van der Waals surface area contributed by atoms with Gasteiger partial charge in [-0.1, -0.05) is 38.1 Å². The van der Waals surface area contributed by atoms with E-state index in [-0.39, 0.29) is 11.3 Å². The minimum absolute atomic E-state index is 0.162. The zero-order chi connectivity index (χ0) is 17.7. The summed E-state index contributed by atoms with van der Waals surface area (Å²) in [6.45, 7) is 7.28. The number of hydrogen-bond acceptors (Lipinski definition) is 2. The molecule has 3 heteroatoms. The fraction of sp³-hybridized carbons (Fsp3) is 0.318. The average Bonchev–Trinajstić information content (AvgIpc) is 3.01. The van der Waals surface area contributed by atoms with Crippen LogP contribution in [0.2, 0.25) is 0 Å². The molecule has 1 aromatic heterocycles. The molecule has 0 atom stereocenters. The molecule has 0 saturated heterocycles. The third-order valence-corrected chi connectivity index (χ3v) is 5.27. The Labute approximate surface area is 147 Å². The molecule has 0 saturated carbocycles. The second kappa shape index (κ2) is 5.76. The summed E-state index contributed by atoms with van der Waals surface area (Å²) in [5.41, 5.74) is 6.75. The number of aryl methyl sites for hydroxylation is 1. The third kappa shape index (κ3) is 2.15. The van der Waals surface area contributed by atoms with Crippen LogP contribution in [0.15, 0.2) is 41.2 Å². The maximum Gasteiger partial charge on any atom is 0.193 e. The number of benzene rings is 2. The standard InChI is InChI=1S/C22H23NO2/c1-5-23-20-15-9-7-6-8-14(15)12-17(20)22(24)16-10-11-18(25-4)19(13(2)3)21(16)23/h6-11,13H,5,12H2,1-4H3. The Hall–Kier alpha value is -2.55. The lowest BCUT2D eigenvalue weighted by Crippen LogP contribution is -2.17. The van der Waals surface area contributed by atoms with Crippen molar-refractivity contribution in [2.45, 2.75) is 39.7 Å². The smallest absolute Gasteiger partial charge is 0.193 e. The average molecular weight is 333 g/mol. The van der Waals surface area contributed by atoms with Crippen LogP contribution in [0, 0.1) is 0 Å². The first kappa shape index (κ1) is 15.9. The number of hydrogen-bond donors (Lipinski definition) is 0. The number of pyridine rings is 1. The summed E-state index contributed by atoms with van der Waals surface area (Å²) in [6, 6.07) is 12.2. The summed E-state index contributed by atoms with van der Waals surface area (Å²) >= 11 is 0. The lowest BCUT2D eigenvalue weighted by Gasteiger charge is -2.22. The fourth-order valence-corrected chi connectivity index (χ4v) is 4.23. The molecule has 0 aliphatic heterocycles. The van der Waals surface area contributed by atoms with E-state index < -0.39 is 0 Å². The number of nitrogens with zero attached hydrogens (tertiary/aromatic N) is 1. The molecule has 0 N–H and O–H groups in total. The van der Waals surface area contributed by atoms with E-state index in [1.807, 2.05) is 18.2 Å². The van der Waals surface area contributed by atoms with Crippen molar-refractivity contribution in [1.29, 1.82) is 0 Å². The first-order valence-electron chi connectivity index (χ1n) is 8.93. The molecular weight excluding hydrogens is 310 g/mol. The van der Waals surface area contributed by atoms with Crippen LogP contribution < -0.4 is 10.2 Å². The van der Waals surface area contributed by atoms with Gasteiger partial charge in [-0.05, 0) is 30.5 Å². The summed E-state index contributed by atoms with van der Waals surface area (Å²) in [4.78, 5) is 13.3. The van der Waals surface area contributed by atoms with Crippen molar-refractivity contribution < 1.29 is 4.74 Å². The Kier molecular flexibility index (Phi) is 3.68. The van der Waals surface area contributed by atoms with Crippen LogP contribution in [-0.2, 0) is 13.0 Å². The lowest BCUT2D eigenvalue weighted by atomic mass is 9.96. The van der Waals surface area contributed by atoms with Gasteiger partial charge >= 0.3 is 0 Å². The molecule has 1 aliphatic carbocycles. The van der Waals surface area contributed by atoms with E-state index in [1.165, 1.54) is 11.1 Å². The van der Waals surface area contributed by atoms with E-state index in [4.69, 9.17) is 4.74 Å². The van der Waals surface area contributed by atoms with Crippen LogP contribution in [-0.4, -0.2) is 11.7 Å². The van der Waals surface area contributed by atoms with Crippen LogP contribution >= 0.6 is 0 Å². The largest absolute Gasteiger partial charge is 0.496 e. The van der Waals surface area contributed by atoms with E-state index in [0.717, 1.165) is 46.4 Å². The molecule has 1 heterocycles. The molecule has 3 nitrogen and oxygen atoms in total. The molecule has 0 spiro atoms. The minimum atomic E-state index is 0.162. The van der Waals surface area contributed by atoms with Crippen LogP contribution in [0.25, 0.3) is 22.2 Å². The van der Waals surface area contributed by atoms with Gasteiger partial charge in [-0.25, -0.2) is 0 Å². The van der Waals surface area contributed by atoms with Gasteiger partial charge < -0.3 is 9.30 Å². The van der Waals surface area contributed by atoms with Crippen molar-refractivity contribution in [3.63, 3.8) is 0 Å². The van der Waals surface area contributed by atoms with Crippen LogP contribution in [0.5, 0.6) is 5.75 Å². The normalized spacial score (nSPS) is 12.5. The highest BCUT2D eigenvalue weighted by Gasteiger charge is 2.27. The topological polar surface area (TPSA) is 31.2 Å². The van der Waals surface area contributed by atoms with Gasteiger partial charge in [-0.2, -0.15) is 0 Å². The summed E-state index contributed by atoms with van der Waals surface area (Å²) < 4.78 is 7.94. The molecular formula is C22H23NO2. The van der Waals surface area contributed by atoms with Crippen LogP contribution in [0.1, 0.15) is 43.4 Å². The van der Waals surface area contributed by atoms with Gasteiger partial charge in [0.2, 0.25) is 0 Å². The highest BCUT2D eigenvalue weighted by Crippen LogP contribution is 2.40. The fourth-order valence-electron chi connectivity index (χ4n) is 4.23. The Balaban J connectivity index is 2.23. The molecule has 0 radical (unpaired) electrons. The van der Waals surface area contributed by atoms with Gasteiger partial charge in [0.05, 0.1) is 18.3 Å². The molecule has 2 aromatic carbocycles. The summed E-state index contributed by atoms with van der Waals surface area (Å²) in [5.74, 6) is 1.13. The third-order valence-electron chi connectivity index (χ3n) is 5.27. The van der Waals surface area contributed by atoms with Crippen molar-refractivity contribution >= 4 is 10.9 Å². The van der Waals surface area contributed by atoms with Gasteiger partial charge in [-0.3, -0.25) is 4.79 Å².